The van der Waals surface area contributed by atoms with Crippen molar-refractivity contribution in [3.05, 3.63) is 133 Å². The van der Waals surface area contributed by atoms with Crippen molar-refractivity contribution in [2.24, 2.45) is 0 Å². The van der Waals surface area contributed by atoms with Gasteiger partial charge in [0.15, 0.2) is 0 Å². The van der Waals surface area contributed by atoms with Crippen molar-refractivity contribution in [2.75, 3.05) is 22.6 Å². The van der Waals surface area contributed by atoms with Gasteiger partial charge in [-0.1, -0.05) is 48.7 Å². The zero-order chi connectivity index (χ0) is 30.4. The summed E-state index contributed by atoms with van der Waals surface area (Å²) in [4.78, 5) is 21.6. The number of pyridine rings is 1. The van der Waals surface area contributed by atoms with Crippen LogP contribution in [0, 0.1) is 6.92 Å². The number of phenolic OH excluding ortho intramolecular Hbond substituents is 1. The van der Waals surface area contributed by atoms with E-state index in [1.165, 1.54) is 0 Å². The van der Waals surface area contributed by atoms with Gasteiger partial charge in [0.1, 0.15) is 22.9 Å². The van der Waals surface area contributed by atoms with Crippen LogP contribution in [0.1, 0.15) is 21.5 Å². The van der Waals surface area contributed by atoms with Gasteiger partial charge in [-0.25, -0.2) is 4.98 Å². The Balaban J connectivity index is 1.13. The summed E-state index contributed by atoms with van der Waals surface area (Å²) in [7, 11) is 1.81. The zero-order valence-electron chi connectivity index (χ0n) is 24.2. The molecule has 0 radical (unpaired) electrons. The lowest BCUT2D eigenvalue weighted by Gasteiger charge is -2.19. The summed E-state index contributed by atoms with van der Waals surface area (Å²) in [6.45, 7) is 6.33. The third-order valence-corrected chi connectivity index (χ3v) is 8.86. The molecule has 4 aromatic carbocycles. The number of carbonyl (C=O) groups excluding carboxylic acids is 1. The predicted octanol–water partition coefficient (Wildman–Crippen LogP) is 8.58. The molecule has 216 valence electrons. The summed E-state index contributed by atoms with van der Waals surface area (Å²) in [5.74, 6) is 1.04. The van der Waals surface area contributed by atoms with Gasteiger partial charge in [-0.3, -0.25) is 9.20 Å². The standard InChI is InChI=1S/C36H29N5O2S/c1-22-7-6-20-41-34(22)39-33(25-12-17-28(42)18-13-25)35(41)38-26-14-10-24(11-15-26)23(2)37-27-16-19-30-32(21-27)44-31-9-5-4-8-29(31)36(43)40(30)3/h4-21,37-38,42H,2H2,1,3H3. The highest BCUT2D eigenvalue weighted by Gasteiger charge is 2.24. The molecule has 1 aliphatic heterocycles. The second-order valence-electron chi connectivity index (χ2n) is 10.7. The molecule has 0 unspecified atom stereocenters. The first-order valence-corrected chi connectivity index (χ1v) is 15.0. The van der Waals surface area contributed by atoms with Gasteiger partial charge in [-0.05, 0) is 90.8 Å². The number of rotatable bonds is 6. The first-order chi connectivity index (χ1) is 21.4. The van der Waals surface area contributed by atoms with E-state index < -0.39 is 0 Å². The highest BCUT2D eigenvalue weighted by Crippen LogP contribution is 2.42. The number of aromatic nitrogens is 2. The summed E-state index contributed by atoms with van der Waals surface area (Å²) < 4.78 is 2.05. The Bertz CT molecular complexity index is 2070. The van der Waals surface area contributed by atoms with Gasteiger partial charge < -0.3 is 20.6 Å². The van der Waals surface area contributed by atoms with Crippen LogP contribution in [0.4, 0.5) is 22.9 Å². The van der Waals surface area contributed by atoms with Crippen molar-refractivity contribution in [1.29, 1.82) is 0 Å². The summed E-state index contributed by atoms with van der Waals surface area (Å²) in [5.41, 5.74) is 8.71. The van der Waals surface area contributed by atoms with Crippen molar-refractivity contribution < 1.29 is 9.90 Å². The maximum Gasteiger partial charge on any atom is 0.259 e. The number of anilines is 4. The quantitative estimate of drug-likeness (QED) is 0.179. The smallest absolute Gasteiger partial charge is 0.259 e. The second-order valence-corrected chi connectivity index (χ2v) is 11.8. The lowest BCUT2D eigenvalue weighted by Crippen LogP contribution is -2.25. The Labute approximate surface area is 259 Å². The zero-order valence-corrected chi connectivity index (χ0v) is 25.0. The molecule has 3 N–H and O–H groups in total. The Morgan fingerprint density at radius 3 is 2.43 bits per heavy atom. The van der Waals surface area contributed by atoms with Gasteiger partial charge in [0.05, 0.1) is 11.3 Å². The number of hydrogen-bond donors (Lipinski definition) is 3. The minimum Gasteiger partial charge on any atom is -0.508 e. The number of aromatic hydroxyl groups is 1. The molecule has 3 heterocycles. The molecule has 7 nitrogen and oxygen atoms in total. The summed E-state index contributed by atoms with van der Waals surface area (Å²) in [6.07, 6.45) is 1.99. The van der Waals surface area contributed by atoms with E-state index in [2.05, 4.69) is 23.3 Å². The fourth-order valence-corrected chi connectivity index (χ4v) is 6.52. The van der Waals surface area contributed by atoms with Crippen LogP contribution in [0.2, 0.25) is 0 Å². The molecule has 0 saturated carbocycles. The average molecular weight is 596 g/mol. The van der Waals surface area contributed by atoms with Gasteiger partial charge in [-0.15, -0.1) is 0 Å². The molecule has 1 aliphatic rings. The van der Waals surface area contributed by atoms with Crippen LogP contribution in [0.3, 0.4) is 0 Å². The lowest BCUT2D eigenvalue weighted by atomic mass is 10.1. The van der Waals surface area contributed by atoms with Crippen molar-refractivity contribution in [3.63, 3.8) is 0 Å². The van der Waals surface area contributed by atoms with Crippen LogP contribution < -0.4 is 15.5 Å². The Hall–Kier alpha value is -5.47. The fourth-order valence-electron chi connectivity index (χ4n) is 5.37. The number of benzene rings is 4. The molecule has 0 aliphatic carbocycles. The number of imidazole rings is 1. The first-order valence-electron chi connectivity index (χ1n) is 14.2. The molecule has 2 aromatic heterocycles. The van der Waals surface area contributed by atoms with Crippen LogP contribution in [0.25, 0.3) is 22.6 Å². The SMILES string of the molecule is C=C(Nc1ccc2c(c1)Sc1ccccc1C(=O)N2C)c1ccc(Nc2c(-c3ccc(O)cc3)nc3c(C)cccn23)cc1. The third kappa shape index (κ3) is 4.95. The largest absolute Gasteiger partial charge is 0.508 e. The minimum absolute atomic E-state index is 0.0140. The maximum absolute atomic E-state index is 13.0. The molecule has 6 aromatic rings. The molecule has 1 amide bonds. The van der Waals surface area contributed by atoms with Crippen molar-refractivity contribution in [3.8, 4) is 17.0 Å². The van der Waals surface area contributed by atoms with Gasteiger partial charge >= 0.3 is 0 Å². The van der Waals surface area contributed by atoms with Crippen LogP contribution in [-0.4, -0.2) is 27.4 Å². The number of phenols is 1. The summed E-state index contributed by atoms with van der Waals surface area (Å²) in [6, 6.07) is 32.9. The molecule has 0 bridgehead atoms. The molecule has 8 heteroatoms. The topological polar surface area (TPSA) is 81.9 Å². The number of fused-ring (bicyclic) bond motifs is 3. The lowest BCUT2D eigenvalue weighted by molar-refractivity contribution is 0.0990. The molecule has 0 fully saturated rings. The second kappa shape index (κ2) is 11.0. The predicted molar refractivity (Wildman–Crippen MR) is 179 cm³/mol. The van der Waals surface area contributed by atoms with Gasteiger partial charge in [0.2, 0.25) is 0 Å². The molecule has 0 saturated heterocycles. The Morgan fingerprint density at radius 1 is 0.886 bits per heavy atom. The van der Waals surface area contributed by atoms with E-state index >= 15 is 0 Å². The number of hydrogen-bond acceptors (Lipinski definition) is 6. The Morgan fingerprint density at radius 2 is 1.64 bits per heavy atom. The molecule has 0 spiro atoms. The van der Waals surface area contributed by atoms with Crippen LogP contribution in [-0.2, 0) is 0 Å². The van der Waals surface area contributed by atoms with E-state index in [0.29, 0.717) is 5.56 Å². The van der Waals surface area contributed by atoms with Crippen LogP contribution >= 0.6 is 11.8 Å². The number of nitrogens with one attached hydrogen (secondary N) is 2. The first kappa shape index (κ1) is 27.4. The highest BCUT2D eigenvalue weighted by atomic mass is 32.2. The maximum atomic E-state index is 13.0. The average Bonchev–Trinajstić information content (AvgIpc) is 3.36. The van der Waals surface area contributed by atoms with Crippen molar-refractivity contribution in [1.82, 2.24) is 9.38 Å². The monoisotopic (exact) mass is 595 g/mol. The van der Waals surface area contributed by atoms with E-state index in [1.807, 2.05) is 109 Å². The third-order valence-electron chi connectivity index (χ3n) is 7.74. The van der Waals surface area contributed by atoms with Gasteiger partial charge in [0, 0.05) is 45.7 Å². The normalized spacial score (nSPS) is 12.4. The van der Waals surface area contributed by atoms with Crippen molar-refractivity contribution in [2.45, 2.75) is 16.7 Å². The molecule has 44 heavy (non-hydrogen) atoms. The molecular formula is C36H29N5O2S. The molecule has 0 atom stereocenters. The van der Waals surface area contributed by atoms with E-state index in [0.717, 1.165) is 66.4 Å². The molecule has 7 rings (SSSR count). The van der Waals surface area contributed by atoms with Crippen LogP contribution in [0.15, 0.2) is 126 Å². The summed E-state index contributed by atoms with van der Waals surface area (Å²) in [5, 5.41) is 16.8. The van der Waals surface area contributed by atoms with E-state index in [4.69, 9.17) is 4.98 Å². The van der Waals surface area contributed by atoms with E-state index in [9.17, 15) is 9.90 Å². The van der Waals surface area contributed by atoms with Gasteiger partial charge in [0.25, 0.3) is 5.91 Å². The number of amides is 1. The number of nitrogens with zero attached hydrogens (tertiary/aromatic N) is 3. The van der Waals surface area contributed by atoms with E-state index in [-0.39, 0.29) is 11.7 Å². The van der Waals surface area contributed by atoms with Crippen molar-refractivity contribution >= 4 is 51.9 Å². The number of carbonyl (C=O) groups is 1. The minimum atomic E-state index is -0.0140. The molecular weight excluding hydrogens is 566 g/mol. The van der Waals surface area contributed by atoms with E-state index in [1.54, 1.807) is 28.8 Å². The fraction of sp³-hybridized carbons (Fsp3) is 0.0556. The van der Waals surface area contributed by atoms with Crippen LogP contribution in [0.5, 0.6) is 5.75 Å². The number of aryl methyl sites for hydroxylation is 1. The van der Waals surface area contributed by atoms with Gasteiger partial charge in [-0.2, -0.15) is 0 Å². The Kier molecular flexibility index (Phi) is 6.83. The summed E-state index contributed by atoms with van der Waals surface area (Å²) >= 11 is 1.59. The highest BCUT2D eigenvalue weighted by molar-refractivity contribution is 7.99.